The number of nitrogens with zero attached hydrogens (tertiary/aromatic N) is 1. The van der Waals surface area contributed by atoms with E-state index < -0.39 is 16.8 Å². The monoisotopic (exact) mass is 324 g/mol. The summed E-state index contributed by atoms with van der Waals surface area (Å²) in [6, 6.07) is 3.48. The second-order valence-electron chi connectivity index (χ2n) is 6.52. The molecule has 23 heavy (non-hydrogen) atoms. The maximum atomic E-state index is 13.2. The summed E-state index contributed by atoms with van der Waals surface area (Å²) in [5, 5.41) is 24.7. The van der Waals surface area contributed by atoms with Gasteiger partial charge in [0, 0.05) is 31.1 Å². The molecule has 1 aromatic carbocycles. The van der Waals surface area contributed by atoms with Gasteiger partial charge in [-0.25, -0.2) is 4.39 Å². The maximum absolute atomic E-state index is 13.2. The quantitative estimate of drug-likeness (QED) is 0.657. The molecule has 2 atom stereocenters. The molecule has 0 unspecified atom stereocenters. The summed E-state index contributed by atoms with van der Waals surface area (Å²) in [7, 11) is 0. The minimum absolute atomic E-state index is 0.0396. The first-order valence-electron chi connectivity index (χ1n) is 7.95. The summed E-state index contributed by atoms with van der Waals surface area (Å²) in [6.07, 6.45) is 3.12. The second-order valence-corrected chi connectivity index (χ2v) is 6.52. The molecule has 1 aromatic rings. The van der Waals surface area contributed by atoms with E-state index in [1.807, 2.05) is 0 Å². The predicted molar refractivity (Wildman–Crippen MR) is 82.8 cm³/mol. The van der Waals surface area contributed by atoms with E-state index in [0.29, 0.717) is 19.8 Å². The van der Waals surface area contributed by atoms with Crippen LogP contribution in [0.2, 0.25) is 0 Å². The van der Waals surface area contributed by atoms with Gasteiger partial charge in [0.1, 0.15) is 11.5 Å². The number of benzene rings is 1. The van der Waals surface area contributed by atoms with E-state index in [9.17, 15) is 19.6 Å². The van der Waals surface area contributed by atoms with Gasteiger partial charge in [-0.15, -0.1) is 0 Å². The van der Waals surface area contributed by atoms with Gasteiger partial charge in [0.25, 0.3) is 5.69 Å². The van der Waals surface area contributed by atoms with Crippen molar-refractivity contribution in [1.29, 1.82) is 0 Å². The number of nitro groups is 1. The maximum Gasteiger partial charge on any atom is 0.295 e. The molecule has 0 bridgehead atoms. The van der Waals surface area contributed by atoms with Crippen LogP contribution < -0.4 is 5.32 Å². The molecule has 1 aliphatic carbocycles. The summed E-state index contributed by atoms with van der Waals surface area (Å²) in [6.45, 7) is 1.80. The molecule has 1 saturated heterocycles. The third-order valence-corrected chi connectivity index (χ3v) is 5.29. The number of halogens is 1. The Bertz CT molecular complexity index is 589. The van der Waals surface area contributed by atoms with Gasteiger partial charge in [-0.2, -0.15) is 0 Å². The van der Waals surface area contributed by atoms with Crippen molar-refractivity contribution in [3.05, 3.63) is 34.1 Å². The first-order chi connectivity index (χ1) is 11.0. The average Bonchev–Trinajstić information content (AvgIpc) is 2.83. The Balaban J connectivity index is 1.66. The van der Waals surface area contributed by atoms with Crippen molar-refractivity contribution in [3.8, 4) is 0 Å². The van der Waals surface area contributed by atoms with E-state index in [2.05, 4.69) is 5.32 Å². The number of hydrogen-bond donors (Lipinski definition) is 2. The van der Waals surface area contributed by atoms with Gasteiger partial charge in [0.15, 0.2) is 0 Å². The first-order valence-corrected chi connectivity index (χ1v) is 7.95. The molecule has 1 aliphatic heterocycles. The number of anilines is 1. The van der Waals surface area contributed by atoms with Crippen LogP contribution in [0.3, 0.4) is 0 Å². The van der Waals surface area contributed by atoms with Crippen LogP contribution in [-0.4, -0.2) is 35.9 Å². The fourth-order valence-electron chi connectivity index (χ4n) is 3.86. The van der Waals surface area contributed by atoms with Crippen LogP contribution in [0.4, 0.5) is 15.8 Å². The zero-order valence-electron chi connectivity index (χ0n) is 12.8. The minimum Gasteiger partial charge on any atom is -0.392 e. The Labute approximate surface area is 133 Å². The Kier molecular flexibility index (Phi) is 4.50. The van der Waals surface area contributed by atoms with Crippen LogP contribution in [-0.2, 0) is 4.74 Å². The van der Waals surface area contributed by atoms with Crippen LogP contribution in [0, 0.1) is 27.3 Å². The lowest BCUT2D eigenvalue weighted by Gasteiger charge is -2.37. The topological polar surface area (TPSA) is 84.6 Å². The molecule has 7 heteroatoms. The molecular formula is C16H21FN2O4. The van der Waals surface area contributed by atoms with E-state index >= 15 is 0 Å². The zero-order valence-corrected chi connectivity index (χ0v) is 12.8. The minimum atomic E-state index is -0.635. The highest BCUT2D eigenvalue weighted by Gasteiger charge is 2.48. The SMILES string of the molecule is O=[N+]([O-])c1cc(F)ccc1NC[C@@H]1CCC2(CCOCC2)[C@H]1O. The van der Waals surface area contributed by atoms with Gasteiger partial charge in [-0.3, -0.25) is 10.1 Å². The van der Waals surface area contributed by atoms with Crippen LogP contribution in [0.1, 0.15) is 25.7 Å². The van der Waals surface area contributed by atoms with Crippen LogP contribution in [0.5, 0.6) is 0 Å². The molecule has 1 spiro atoms. The molecule has 2 N–H and O–H groups in total. The standard InChI is InChI=1S/C16H21FN2O4/c17-12-1-2-13(14(9-12)19(21)22)18-10-11-3-4-16(15(11)20)5-7-23-8-6-16/h1-2,9,11,15,18,20H,3-8,10H2/t11-,15-/m0/s1. The average molecular weight is 324 g/mol. The lowest BCUT2D eigenvalue weighted by Crippen LogP contribution is -2.40. The number of hydrogen-bond acceptors (Lipinski definition) is 5. The van der Waals surface area contributed by atoms with Crippen molar-refractivity contribution in [1.82, 2.24) is 0 Å². The zero-order chi connectivity index (χ0) is 16.4. The van der Waals surface area contributed by atoms with Crippen LogP contribution >= 0.6 is 0 Å². The van der Waals surface area contributed by atoms with Crippen molar-refractivity contribution in [2.24, 2.45) is 11.3 Å². The Morgan fingerprint density at radius 1 is 1.39 bits per heavy atom. The fourth-order valence-corrected chi connectivity index (χ4v) is 3.86. The van der Waals surface area contributed by atoms with Crippen LogP contribution in [0.25, 0.3) is 0 Å². The highest BCUT2D eigenvalue weighted by atomic mass is 19.1. The Morgan fingerprint density at radius 2 is 2.13 bits per heavy atom. The van der Waals surface area contributed by atoms with Crippen molar-refractivity contribution in [2.45, 2.75) is 31.8 Å². The lowest BCUT2D eigenvalue weighted by molar-refractivity contribution is -0.384. The number of rotatable bonds is 4. The van der Waals surface area contributed by atoms with Crippen molar-refractivity contribution < 1.29 is 19.2 Å². The number of aliphatic hydroxyl groups excluding tert-OH is 1. The fraction of sp³-hybridized carbons (Fsp3) is 0.625. The summed E-state index contributed by atoms with van der Waals surface area (Å²) in [5.74, 6) is -0.595. The molecule has 0 radical (unpaired) electrons. The molecule has 0 aromatic heterocycles. The molecule has 2 aliphatic rings. The van der Waals surface area contributed by atoms with E-state index in [4.69, 9.17) is 4.74 Å². The molecule has 6 nitrogen and oxygen atoms in total. The predicted octanol–water partition coefficient (Wildman–Crippen LogP) is 2.71. The van der Waals surface area contributed by atoms with Gasteiger partial charge in [-0.05, 0) is 37.8 Å². The summed E-state index contributed by atoms with van der Waals surface area (Å²) < 4.78 is 18.6. The van der Waals surface area contributed by atoms with Gasteiger partial charge in [0.2, 0.25) is 0 Å². The van der Waals surface area contributed by atoms with E-state index in [1.165, 1.54) is 12.1 Å². The Hall–Kier alpha value is -1.73. The van der Waals surface area contributed by atoms with Gasteiger partial charge >= 0.3 is 0 Å². The second kappa shape index (κ2) is 6.41. The molecule has 3 rings (SSSR count). The number of nitro benzene ring substituents is 1. The van der Waals surface area contributed by atoms with E-state index in [0.717, 1.165) is 31.7 Å². The molecule has 0 amide bonds. The molecular weight excluding hydrogens is 303 g/mol. The summed E-state index contributed by atoms with van der Waals surface area (Å²) >= 11 is 0. The molecule has 1 heterocycles. The van der Waals surface area contributed by atoms with Crippen molar-refractivity contribution >= 4 is 11.4 Å². The van der Waals surface area contributed by atoms with Crippen LogP contribution in [0.15, 0.2) is 18.2 Å². The third-order valence-electron chi connectivity index (χ3n) is 5.29. The summed E-state index contributed by atoms with van der Waals surface area (Å²) in [5.41, 5.74) is -0.0610. The highest BCUT2D eigenvalue weighted by Crippen LogP contribution is 2.48. The van der Waals surface area contributed by atoms with E-state index in [-0.39, 0.29) is 22.7 Å². The highest BCUT2D eigenvalue weighted by molar-refractivity contribution is 5.61. The van der Waals surface area contributed by atoms with Gasteiger partial charge in [0.05, 0.1) is 17.1 Å². The lowest BCUT2D eigenvalue weighted by atomic mass is 9.76. The van der Waals surface area contributed by atoms with Gasteiger partial charge in [-0.1, -0.05) is 0 Å². The molecule has 2 fully saturated rings. The molecule has 1 saturated carbocycles. The summed E-state index contributed by atoms with van der Waals surface area (Å²) in [4.78, 5) is 10.4. The number of nitrogens with one attached hydrogen (secondary N) is 1. The Morgan fingerprint density at radius 3 is 2.83 bits per heavy atom. The largest absolute Gasteiger partial charge is 0.392 e. The number of ether oxygens (including phenoxy) is 1. The number of aliphatic hydroxyl groups is 1. The molecule has 126 valence electrons. The van der Waals surface area contributed by atoms with Crippen molar-refractivity contribution in [3.63, 3.8) is 0 Å². The third kappa shape index (κ3) is 3.16. The van der Waals surface area contributed by atoms with Gasteiger partial charge < -0.3 is 15.2 Å². The first kappa shape index (κ1) is 16.1. The normalized spacial score (nSPS) is 26.3. The van der Waals surface area contributed by atoms with E-state index in [1.54, 1.807) is 0 Å². The smallest absolute Gasteiger partial charge is 0.295 e. The van der Waals surface area contributed by atoms with Crippen molar-refractivity contribution in [2.75, 3.05) is 25.1 Å².